The molecule has 10 nitrogen and oxygen atoms in total. The molecule has 0 aliphatic carbocycles. The van der Waals surface area contributed by atoms with E-state index < -0.39 is 47.4 Å². The molecule has 212 valence electrons. The van der Waals surface area contributed by atoms with E-state index in [0.29, 0.717) is 5.75 Å². The van der Waals surface area contributed by atoms with E-state index in [2.05, 4.69) is 4.98 Å². The molecule has 2 heterocycles. The highest BCUT2D eigenvalue weighted by molar-refractivity contribution is 5.66. The minimum atomic E-state index is -1.34. The molecular weight excluding hydrogens is 528 g/mol. The van der Waals surface area contributed by atoms with Crippen LogP contribution in [0.3, 0.4) is 0 Å². The summed E-state index contributed by atoms with van der Waals surface area (Å²) in [5, 5.41) is 11.3. The molecule has 2 N–H and O–H groups in total. The lowest BCUT2D eigenvalue weighted by molar-refractivity contribution is -0.156. The fourth-order valence-corrected chi connectivity index (χ4v) is 5.15. The number of aliphatic hydroxyl groups is 1. The maximum absolute atomic E-state index is 12.6. The Morgan fingerprint density at radius 3 is 2.05 bits per heavy atom. The minimum Gasteiger partial charge on any atom is -0.497 e. The lowest BCUT2D eigenvalue weighted by atomic mass is 9.80. The van der Waals surface area contributed by atoms with E-state index in [4.69, 9.17) is 18.9 Å². The maximum Gasteiger partial charge on any atom is 0.330 e. The normalized spacial score (nSPS) is 20.5. The van der Waals surface area contributed by atoms with Gasteiger partial charge in [0, 0.05) is 19.2 Å². The number of esters is 1. The number of methoxy groups -OCH3 is 1. The molecule has 0 radical (unpaired) electrons. The summed E-state index contributed by atoms with van der Waals surface area (Å²) in [6.07, 6.45) is -3.55. The van der Waals surface area contributed by atoms with Crippen LogP contribution in [0.5, 0.6) is 5.75 Å². The van der Waals surface area contributed by atoms with Gasteiger partial charge in [0.05, 0.1) is 13.7 Å². The van der Waals surface area contributed by atoms with E-state index in [0.717, 1.165) is 27.3 Å². The molecule has 0 amide bonds. The van der Waals surface area contributed by atoms with Crippen LogP contribution in [0.25, 0.3) is 0 Å². The van der Waals surface area contributed by atoms with Crippen molar-refractivity contribution >= 4 is 5.97 Å². The number of aliphatic hydroxyl groups excluding tert-OH is 1. The van der Waals surface area contributed by atoms with Crippen molar-refractivity contribution in [2.45, 2.75) is 37.1 Å². The third-order valence-corrected chi connectivity index (χ3v) is 7.06. The molecule has 10 heteroatoms. The lowest BCUT2D eigenvalue weighted by Crippen LogP contribution is -2.41. The van der Waals surface area contributed by atoms with Crippen molar-refractivity contribution in [2.75, 3.05) is 13.7 Å². The number of aromatic nitrogens is 2. The molecule has 3 aromatic carbocycles. The average molecular weight is 559 g/mol. The second-order valence-electron chi connectivity index (χ2n) is 9.60. The SMILES string of the molecule is COc1ccc(C(OC[C@H]2O[C@@H](n3ccc(=O)[nH]c3=O)[C@@H](OC(C)=O)[C@@H]2O)(c2ccccc2)c2ccccc2)cc1. The number of ether oxygens (including phenoxy) is 4. The summed E-state index contributed by atoms with van der Waals surface area (Å²) in [6.45, 7) is 1.05. The van der Waals surface area contributed by atoms with Crippen molar-refractivity contribution in [3.05, 3.63) is 135 Å². The molecule has 1 fully saturated rings. The molecule has 0 saturated carbocycles. The van der Waals surface area contributed by atoms with Gasteiger partial charge in [0.1, 0.15) is 23.6 Å². The van der Waals surface area contributed by atoms with Crippen LogP contribution in [-0.2, 0) is 24.6 Å². The Labute approximate surface area is 235 Å². The van der Waals surface area contributed by atoms with Crippen molar-refractivity contribution in [3.63, 3.8) is 0 Å². The molecule has 4 atom stereocenters. The van der Waals surface area contributed by atoms with E-state index in [1.54, 1.807) is 7.11 Å². The Balaban J connectivity index is 1.56. The third-order valence-electron chi connectivity index (χ3n) is 7.06. The van der Waals surface area contributed by atoms with Gasteiger partial charge in [-0.1, -0.05) is 72.8 Å². The summed E-state index contributed by atoms with van der Waals surface area (Å²) in [6, 6.07) is 27.9. The predicted octanol–water partition coefficient (Wildman–Crippen LogP) is 2.74. The summed E-state index contributed by atoms with van der Waals surface area (Å²) in [4.78, 5) is 38.3. The molecule has 0 spiro atoms. The van der Waals surface area contributed by atoms with Crippen LogP contribution in [0.2, 0.25) is 0 Å². The average Bonchev–Trinajstić information content (AvgIpc) is 3.28. The van der Waals surface area contributed by atoms with E-state index in [9.17, 15) is 19.5 Å². The van der Waals surface area contributed by atoms with Gasteiger partial charge in [0.2, 0.25) is 0 Å². The molecule has 1 aliphatic rings. The number of aromatic amines is 1. The Kier molecular flexibility index (Phi) is 8.16. The smallest absolute Gasteiger partial charge is 0.330 e. The van der Waals surface area contributed by atoms with Crippen LogP contribution >= 0.6 is 0 Å². The van der Waals surface area contributed by atoms with E-state index in [1.807, 2.05) is 84.9 Å². The number of nitrogens with zero attached hydrogens (tertiary/aromatic N) is 1. The largest absolute Gasteiger partial charge is 0.497 e. The van der Waals surface area contributed by atoms with E-state index >= 15 is 0 Å². The number of H-pyrrole nitrogens is 1. The fraction of sp³-hybridized carbons (Fsp3) is 0.258. The standard InChI is InChI=1S/C31H30N2O8/c1-20(34)40-28-27(36)25(41-29(28)33-18-17-26(35)32-30(33)37)19-39-31(21-9-5-3-6-10-21,22-11-7-4-8-12-22)23-13-15-24(38-2)16-14-23/h3-18,25,27-29,36H,19H2,1-2H3,(H,32,35,37)/t25-,27-,28+,29-/m1/s1. The fourth-order valence-electron chi connectivity index (χ4n) is 5.15. The highest BCUT2D eigenvalue weighted by Gasteiger charge is 2.49. The Morgan fingerprint density at radius 2 is 1.51 bits per heavy atom. The van der Waals surface area contributed by atoms with Gasteiger partial charge in [-0.3, -0.25) is 19.1 Å². The van der Waals surface area contributed by atoms with Gasteiger partial charge in [0.25, 0.3) is 5.56 Å². The first-order valence-corrected chi connectivity index (χ1v) is 13.0. The quantitative estimate of drug-likeness (QED) is 0.237. The third kappa shape index (κ3) is 5.58. The second-order valence-corrected chi connectivity index (χ2v) is 9.60. The summed E-state index contributed by atoms with van der Waals surface area (Å²) < 4.78 is 24.7. The number of benzene rings is 3. The van der Waals surface area contributed by atoms with Gasteiger partial charge in [-0.2, -0.15) is 0 Å². The van der Waals surface area contributed by atoms with Gasteiger partial charge in [-0.05, 0) is 28.8 Å². The van der Waals surface area contributed by atoms with Crippen molar-refractivity contribution in [1.29, 1.82) is 0 Å². The molecule has 0 unspecified atom stereocenters. The topological polar surface area (TPSA) is 129 Å². The zero-order chi connectivity index (χ0) is 29.0. The summed E-state index contributed by atoms with van der Waals surface area (Å²) in [7, 11) is 1.59. The number of hydrogen-bond acceptors (Lipinski definition) is 8. The monoisotopic (exact) mass is 558 g/mol. The van der Waals surface area contributed by atoms with Crippen LogP contribution in [0, 0.1) is 0 Å². The number of hydrogen-bond donors (Lipinski definition) is 2. The van der Waals surface area contributed by atoms with Crippen LogP contribution in [0.15, 0.2) is 107 Å². The van der Waals surface area contributed by atoms with Crippen molar-refractivity contribution in [1.82, 2.24) is 9.55 Å². The molecule has 1 aliphatic heterocycles. The zero-order valence-electron chi connectivity index (χ0n) is 22.5. The number of rotatable bonds is 9. The second kappa shape index (κ2) is 11.9. The molecular formula is C31H30N2O8. The summed E-state index contributed by atoms with van der Waals surface area (Å²) in [5.74, 6) is 0.0135. The maximum atomic E-state index is 12.6. The van der Waals surface area contributed by atoms with E-state index in [-0.39, 0.29) is 6.61 Å². The molecule has 1 saturated heterocycles. The Morgan fingerprint density at radius 1 is 0.927 bits per heavy atom. The summed E-state index contributed by atoms with van der Waals surface area (Å²) >= 11 is 0. The number of carbonyl (C=O) groups is 1. The van der Waals surface area contributed by atoms with Crippen molar-refractivity contribution in [2.24, 2.45) is 0 Å². The van der Waals surface area contributed by atoms with Crippen LogP contribution in [0.1, 0.15) is 29.8 Å². The highest BCUT2D eigenvalue weighted by atomic mass is 16.6. The predicted molar refractivity (Wildman–Crippen MR) is 149 cm³/mol. The lowest BCUT2D eigenvalue weighted by Gasteiger charge is -2.37. The number of nitrogens with one attached hydrogen (secondary N) is 1. The van der Waals surface area contributed by atoms with Crippen LogP contribution in [-0.4, -0.2) is 52.7 Å². The Bertz CT molecular complexity index is 1540. The first kappa shape index (κ1) is 28.0. The highest BCUT2D eigenvalue weighted by Crippen LogP contribution is 2.42. The van der Waals surface area contributed by atoms with Gasteiger partial charge in [-0.25, -0.2) is 4.79 Å². The molecule has 1 aromatic heterocycles. The van der Waals surface area contributed by atoms with Gasteiger partial charge in [-0.15, -0.1) is 0 Å². The van der Waals surface area contributed by atoms with Crippen molar-refractivity contribution < 1.29 is 28.8 Å². The number of carbonyl (C=O) groups excluding carboxylic acids is 1. The molecule has 5 rings (SSSR count). The molecule has 4 aromatic rings. The minimum absolute atomic E-state index is 0.149. The van der Waals surface area contributed by atoms with Gasteiger partial charge in [0.15, 0.2) is 12.3 Å². The molecule has 41 heavy (non-hydrogen) atoms. The first-order chi connectivity index (χ1) is 19.8. The van der Waals surface area contributed by atoms with Crippen LogP contribution < -0.4 is 16.0 Å². The first-order valence-electron chi connectivity index (χ1n) is 13.0. The van der Waals surface area contributed by atoms with Gasteiger partial charge >= 0.3 is 11.7 Å². The molecule has 0 bridgehead atoms. The zero-order valence-corrected chi connectivity index (χ0v) is 22.5. The Hall–Kier alpha value is -4.51. The van der Waals surface area contributed by atoms with Crippen molar-refractivity contribution in [3.8, 4) is 5.75 Å². The summed E-state index contributed by atoms with van der Waals surface area (Å²) in [5.41, 5.74) is -0.0455. The van der Waals surface area contributed by atoms with Crippen LogP contribution in [0.4, 0.5) is 0 Å². The van der Waals surface area contributed by atoms with Gasteiger partial charge < -0.3 is 24.1 Å². The van der Waals surface area contributed by atoms with E-state index in [1.165, 1.54) is 13.1 Å².